The van der Waals surface area contributed by atoms with Crippen molar-refractivity contribution in [1.82, 2.24) is 10.6 Å². The highest BCUT2D eigenvalue weighted by molar-refractivity contribution is 5.81. The lowest BCUT2D eigenvalue weighted by molar-refractivity contribution is -0.122. The molecule has 0 saturated carbocycles. The molecular formula is C10H20N2O2. The second-order valence-corrected chi connectivity index (χ2v) is 3.81. The molecule has 1 rings (SSSR count). The molecule has 14 heavy (non-hydrogen) atoms. The van der Waals surface area contributed by atoms with Crippen LogP contribution in [0.25, 0.3) is 0 Å². The number of carbonyl (C=O) groups is 1. The van der Waals surface area contributed by atoms with E-state index in [1.54, 1.807) is 0 Å². The molecule has 1 aliphatic heterocycles. The van der Waals surface area contributed by atoms with Crippen LogP contribution in [0.1, 0.15) is 32.6 Å². The predicted molar refractivity (Wildman–Crippen MR) is 54.9 cm³/mol. The van der Waals surface area contributed by atoms with Gasteiger partial charge in [0, 0.05) is 13.1 Å². The molecule has 3 N–H and O–H groups in total. The standard InChI is InChI=1S/C10H20N2O2/c1-2-8(13)7-12-9-5-3-4-6-11-10(9)14/h8-9,12-13H,2-7H2,1H3,(H,11,14). The fraction of sp³-hybridized carbons (Fsp3) is 0.900. The van der Waals surface area contributed by atoms with Crippen molar-refractivity contribution in [2.75, 3.05) is 13.1 Å². The molecule has 82 valence electrons. The Labute approximate surface area is 85.1 Å². The molecule has 1 saturated heterocycles. The van der Waals surface area contributed by atoms with Crippen molar-refractivity contribution in [2.24, 2.45) is 0 Å². The summed E-state index contributed by atoms with van der Waals surface area (Å²) in [6.07, 6.45) is 3.38. The van der Waals surface area contributed by atoms with Gasteiger partial charge in [0.1, 0.15) is 0 Å². The summed E-state index contributed by atoms with van der Waals surface area (Å²) >= 11 is 0. The van der Waals surface area contributed by atoms with Gasteiger partial charge in [0.2, 0.25) is 5.91 Å². The minimum Gasteiger partial charge on any atom is -0.392 e. The first-order valence-corrected chi connectivity index (χ1v) is 5.43. The predicted octanol–water partition coefficient (Wildman–Crippen LogP) is 0.0156. The molecule has 0 radical (unpaired) electrons. The average Bonchev–Trinajstić information content (AvgIpc) is 2.39. The van der Waals surface area contributed by atoms with E-state index in [0.717, 1.165) is 32.2 Å². The largest absolute Gasteiger partial charge is 0.392 e. The summed E-state index contributed by atoms with van der Waals surface area (Å²) in [6, 6.07) is -0.112. The zero-order valence-corrected chi connectivity index (χ0v) is 8.75. The molecule has 0 aliphatic carbocycles. The van der Waals surface area contributed by atoms with E-state index in [9.17, 15) is 9.90 Å². The van der Waals surface area contributed by atoms with Gasteiger partial charge in [-0.05, 0) is 25.7 Å². The highest BCUT2D eigenvalue weighted by atomic mass is 16.3. The highest BCUT2D eigenvalue weighted by Crippen LogP contribution is 2.05. The summed E-state index contributed by atoms with van der Waals surface area (Å²) in [6.45, 7) is 3.22. The Hall–Kier alpha value is -0.610. The molecule has 1 aliphatic rings. The van der Waals surface area contributed by atoms with Crippen LogP contribution < -0.4 is 10.6 Å². The van der Waals surface area contributed by atoms with Crippen molar-refractivity contribution in [3.63, 3.8) is 0 Å². The Morgan fingerprint density at radius 1 is 1.64 bits per heavy atom. The van der Waals surface area contributed by atoms with Crippen LogP contribution in [0.2, 0.25) is 0 Å². The number of hydrogen-bond acceptors (Lipinski definition) is 3. The van der Waals surface area contributed by atoms with E-state index in [-0.39, 0.29) is 18.1 Å². The maximum Gasteiger partial charge on any atom is 0.237 e. The number of nitrogens with one attached hydrogen (secondary N) is 2. The smallest absolute Gasteiger partial charge is 0.237 e. The van der Waals surface area contributed by atoms with Crippen LogP contribution in [0.3, 0.4) is 0 Å². The molecule has 4 heteroatoms. The van der Waals surface area contributed by atoms with Crippen molar-refractivity contribution in [3.8, 4) is 0 Å². The zero-order chi connectivity index (χ0) is 10.4. The third-order valence-corrected chi connectivity index (χ3v) is 2.61. The minimum absolute atomic E-state index is 0.0748. The molecule has 4 nitrogen and oxygen atoms in total. The molecular weight excluding hydrogens is 180 g/mol. The molecule has 0 aromatic heterocycles. The SMILES string of the molecule is CCC(O)CNC1CCCCNC1=O. The van der Waals surface area contributed by atoms with E-state index in [1.807, 2.05) is 6.92 Å². The average molecular weight is 200 g/mol. The van der Waals surface area contributed by atoms with Crippen LogP contribution in [0.4, 0.5) is 0 Å². The van der Waals surface area contributed by atoms with Gasteiger partial charge < -0.3 is 15.7 Å². The van der Waals surface area contributed by atoms with Gasteiger partial charge in [-0.15, -0.1) is 0 Å². The van der Waals surface area contributed by atoms with E-state index in [4.69, 9.17) is 0 Å². The van der Waals surface area contributed by atoms with E-state index >= 15 is 0 Å². The Morgan fingerprint density at radius 3 is 3.14 bits per heavy atom. The highest BCUT2D eigenvalue weighted by Gasteiger charge is 2.20. The fourth-order valence-electron chi connectivity index (χ4n) is 1.56. The third-order valence-electron chi connectivity index (χ3n) is 2.61. The number of aliphatic hydroxyl groups is 1. The van der Waals surface area contributed by atoms with Crippen LogP contribution in [-0.2, 0) is 4.79 Å². The molecule has 0 bridgehead atoms. The first kappa shape index (κ1) is 11.5. The number of rotatable bonds is 4. The lowest BCUT2D eigenvalue weighted by Gasteiger charge is -2.17. The molecule has 1 amide bonds. The second-order valence-electron chi connectivity index (χ2n) is 3.81. The number of carbonyl (C=O) groups excluding carboxylic acids is 1. The summed E-state index contributed by atoms with van der Waals surface area (Å²) in [5.74, 6) is 0.0748. The Balaban J connectivity index is 2.29. The lowest BCUT2D eigenvalue weighted by Crippen LogP contribution is -2.45. The molecule has 0 aromatic carbocycles. The summed E-state index contributed by atoms with van der Waals surface area (Å²) in [7, 11) is 0. The van der Waals surface area contributed by atoms with Gasteiger partial charge in [0.25, 0.3) is 0 Å². The summed E-state index contributed by atoms with van der Waals surface area (Å²) < 4.78 is 0. The summed E-state index contributed by atoms with van der Waals surface area (Å²) in [4.78, 5) is 11.5. The van der Waals surface area contributed by atoms with Gasteiger partial charge >= 0.3 is 0 Å². The van der Waals surface area contributed by atoms with Gasteiger partial charge in [-0.25, -0.2) is 0 Å². The number of hydrogen-bond donors (Lipinski definition) is 3. The van der Waals surface area contributed by atoms with E-state index in [0.29, 0.717) is 6.54 Å². The summed E-state index contributed by atoms with van der Waals surface area (Å²) in [5.41, 5.74) is 0. The molecule has 0 aromatic rings. The quantitative estimate of drug-likeness (QED) is 0.599. The van der Waals surface area contributed by atoms with Crippen molar-refractivity contribution < 1.29 is 9.90 Å². The van der Waals surface area contributed by atoms with E-state index in [1.165, 1.54) is 0 Å². The lowest BCUT2D eigenvalue weighted by atomic mass is 10.1. The fourth-order valence-corrected chi connectivity index (χ4v) is 1.56. The van der Waals surface area contributed by atoms with E-state index < -0.39 is 0 Å². The van der Waals surface area contributed by atoms with Crippen LogP contribution in [-0.4, -0.2) is 36.2 Å². The van der Waals surface area contributed by atoms with Gasteiger partial charge in [-0.2, -0.15) is 0 Å². The Bertz CT molecular complexity index is 185. The van der Waals surface area contributed by atoms with Crippen molar-refractivity contribution in [1.29, 1.82) is 0 Å². The number of amides is 1. The van der Waals surface area contributed by atoms with Gasteiger partial charge in [-0.3, -0.25) is 4.79 Å². The number of aliphatic hydroxyl groups excluding tert-OH is 1. The third kappa shape index (κ3) is 3.64. The maximum absolute atomic E-state index is 11.5. The first-order chi connectivity index (χ1) is 6.74. The Kier molecular flexibility index (Phi) is 4.90. The van der Waals surface area contributed by atoms with E-state index in [2.05, 4.69) is 10.6 Å². The first-order valence-electron chi connectivity index (χ1n) is 5.43. The minimum atomic E-state index is -0.342. The molecule has 1 fully saturated rings. The maximum atomic E-state index is 11.5. The zero-order valence-electron chi connectivity index (χ0n) is 8.75. The topological polar surface area (TPSA) is 61.4 Å². The molecule has 1 heterocycles. The van der Waals surface area contributed by atoms with Crippen LogP contribution in [0.15, 0.2) is 0 Å². The molecule has 0 spiro atoms. The molecule has 2 atom stereocenters. The molecule has 2 unspecified atom stereocenters. The van der Waals surface area contributed by atoms with Crippen molar-refractivity contribution in [3.05, 3.63) is 0 Å². The summed E-state index contributed by atoms with van der Waals surface area (Å²) in [5, 5.41) is 15.3. The van der Waals surface area contributed by atoms with Crippen molar-refractivity contribution in [2.45, 2.75) is 44.8 Å². The van der Waals surface area contributed by atoms with Crippen LogP contribution in [0.5, 0.6) is 0 Å². The van der Waals surface area contributed by atoms with Gasteiger partial charge in [-0.1, -0.05) is 6.92 Å². The second kappa shape index (κ2) is 5.98. The van der Waals surface area contributed by atoms with Gasteiger partial charge in [0.15, 0.2) is 0 Å². The monoisotopic (exact) mass is 200 g/mol. The van der Waals surface area contributed by atoms with Crippen LogP contribution >= 0.6 is 0 Å². The Morgan fingerprint density at radius 2 is 2.43 bits per heavy atom. The van der Waals surface area contributed by atoms with Gasteiger partial charge in [0.05, 0.1) is 12.1 Å². The normalized spacial score (nSPS) is 25.3. The van der Waals surface area contributed by atoms with Crippen LogP contribution in [0, 0.1) is 0 Å². The van der Waals surface area contributed by atoms with Crippen molar-refractivity contribution >= 4 is 5.91 Å².